The number of piperidine rings is 1. The van der Waals surface area contributed by atoms with E-state index in [-0.39, 0.29) is 18.0 Å². The number of likely N-dealkylation sites (tertiary alicyclic amines) is 1. The van der Waals surface area contributed by atoms with Crippen molar-refractivity contribution < 1.29 is 14.3 Å². The summed E-state index contributed by atoms with van der Waals surface area (Å²) in [7, 11) is 0. The number of carbonyl (C=O) groups is 2. The molecule has 1 aliphatic rings. The van der Waals surface area contributed by atoms with Gasteiger partial charge in [-0.05, 0) is 31.9 Å². The maximum atomic E-state index is 12.0. The number of aromatic nitrogens is 1. The summed E-state index contributed by atoms with van der Waals surface area (Å²) in [6.45, 7) is 3.30. The van der Waals surface area contributed by atoms with Crippen LogP contribution in [0.3, 0.4) is 0 Å². The lowest BCUT2D eigenvalue weighted by atomic mass is 10.1. The van der Waals surface area contributed by atoms with Crippen LogP contribution in [0, 0.1) is 0 Å². The molecule has 0 radical (unpaired) electrons. The van der Waals surface area contributed by atoms with Crippen LogP contribution in [0.15, 0.2) is 18.2 Å². The number of rotatable bonds is 3. The molecule has 114 valence electrons. The van der Waals surface area contributed by atoms with Gasteiger partial charge in [-0.25, -0.2) is 9.78 Å². The van der Waals surface area contributed by atoms with Crippen molar-refractivity contribution in [3.05, 3.63) is 29.0 Å². The lowest BCUT2D eigenvalue weighted by Crippen LogP contribution is -2.46. The Balaban J connectivity index is 1.83. The molecule has 2 heterocycles. The Morgan fingerprint density at radius 1 is 1.43 bits per heavy atom. The molecule has 0 unspecified atom stereocenters. The molecule has 6 nitrogen and oxygen atoms in total. The van der Waals surface area contributed by atoms with Crippen LogP contribution in [0.25, 0.3) is 0 Å². The van der Waals surface area contributed by atoms with Crippen molar-refractivity contribution in [2.45, 2.75) is 25.8 Å². The topological polar surface area (TPSA) is 71.5 Å². The number of halogens is 1. The summed E-state index contributed by atoms with van der Waals surface area (Å²) < 4.78 is 4.96. The maximum absolute atomic E-state index is 12.0. The van der Waals surface area contributed by atoms with Gasteiger partial charge in [0.25, 0.3) is 5.91 Å². The van der Waals surface area contributed by atoms with E-state index in [2.05, 4.69) is 10.3 Å². The molecule has 0 aliphatic carbocycles. The van der Waals surface area contributed by atoms with Crippen molar-refractivity contribution >= 4 is 23.6 Å². The quantitative estimate of drug-likeness (QED) is 0.868. The molecule has 2 rings (SSSR count). The van der Waals surface area contributed by atoms with Gasteiger partial charge in [0.1, 0.15) is 10.8 Å². The van der Waals surface area contributed by atoms with E-state index in [0.717, 1.165) is 0 Å². The second-order valence-corrected chi connectivity index (χ2v) is 5.17. The first kappa shape index (κ1) is 15.6. The van der Waals surface area contributed by atoms with Crippen LogP contribution in [-0.2, 0) is 4.74 Å². The summed E-state index contributed by atoms with van der Waals surface area (Å²) in [6.07, 6.45) is 1.11. The zero-order valence-corrected chi connectivity index (χ0v) is 12.6. The Bertz CT molecular complexity index is 516. The van der Waals surface area contributed by atoms with Gasteiger partial charge in [-0.15, -0.1) is 0 Å². The number of hydrogen-bond donors (Lipinski definition) is 1. The average Bonchev–Trinajstić information content (AvgIpc) is 2.48. The highest BCUT2D eigenvalue weighted by atomic mass is 35.5. The maximum Gasteiger partial charge on any atom is 0.409 e. The van der Waals surface area contributed by atoms with Gasteiger partial charge in [-0.1, -0.05) is 17.7 Å². The summed E-state index contributed by atoms with van der Waals surface area (Å²) in [5.74, 6) is -0.243. The van der Waals surface area contributed by atoms with Gasteiger partial charge < -0.3 is 15.0 Å². The Morgan fingerprint density at radius 3 is 2.76 bits per heavy atom. The zero-order valence-electron chi connectivity index (χ0n) is 11.8. The molecule has 0 aromatic carbocycles. The first-order chi connectivity index (χ1) is 10.1. The van der Waals surface area contributed by atoms with Crippen molar-refractivity contribution in [2.24, 2.45) is 0 Å². The van der Waals surface area contributed by atoms with Gasteiger partial charge in [-0.3, -0.25) is 4.79 Å². The highest BCUT2D eigenvalue weighted by Crippen LogP contribution is 2.12. The first-order valence-electron chi connectivity index (χ1n) is 6.95. The van der Waals surface area contributed by atoms with Crippen molar-refractivity contribution in [3.8, 4) is 0 Å². The number of amides is 2. The van der Waals surface area contributed by atoms with Crippen molar-refractivity contribution in [3.63, 3.8) is 0 Å². The smallest absolute Gasteiger partial charge is 0.409 e. The van der Waals surface area contributed by atoms with Crippen molar-refractivity contribution in [1.29, 1.82) is 0 Å². The molecule has 2 amide bonds. The number of hydrogen-bond acceptors (Lipinski definition) is 4. The lowest BCUT2D eigenvalue weighted by molar-refractivity contribution is 0.0856. The van der Waals surface area contributed by atoms with E-state index in [4.69, 9.17) is 16.3 Å². The minimum absolute atomic E-state index is 0.0314. The third-order valence-corrected chi connectivity index (χ3v) is 3.51. The fourth-order valence-electron chi connectivity index (χ4n) is 2.22. The summed E-state index contributed by atoms with van der Waals surface area (Å²) >= 11 is 5.77. The molecule has 7 heteroatoms. The monoisotopic (exact) mass is 311 g/mol. The van der Waals surface area contributed by atoms with Crippen LogP contribution in [0.4, 0.5) is 4.79 Å². The summed E-state index contributed by atoms with van der Waals surface area (Å²) in [5.41, 5.74) is 0.301. The van der Waals surface area contributed by atoms with E-state index >= 15 is 0 Å². The van der Waals surface area contributed by atoms with Gasteiger partial charge >= 0.3 is 6.09 Å². The fraction of sp³-hybridized carbons (Fsp3) is 0.500. The number of carbonyl (C=O) groups excluding carboxylic acids is 2. The predicted molar refractivity (Wildman–Crippen MR) is 78.3 cm³/mol. The van der Waals surface area contributed by atoms with Gasteiger partial charge in [0.05, 0.1) is 6.61 Å². The fourth-order valence-corrected chi connectivity index (χ4v) is 2.38. The van der Waals surface area contributed by atoms with E-state index in [1.807, 2.05) is 0 Å². The van der Waals surface area contributed by atoms with E-state index in [0.29, 0.717) is 43.4 Å². The van der Waals surface area contributed by atoms with Gasteiger partial charge in [-0.2, -0.15) is 0 Å². The summed E-state index contributed by atoms with van der Waals surface area (Å²) in [5, 5.41) is 3.21. The normalized spacial score (nSPS) is 15.6. The van der Waals surface area contributed by atoms with Crippen molar-refractivity contribution in [1.82, 2.24) is 15.2 Å². The Hall–Kier alpha value is -1.82. The molecule has 0 bridgehead atoms. The minimum Gasteiger partial charge on any atom is -0.450 e. The number of pyridine rings is 1. The highest BCUT2D eigenvalue weighted by molar-refractivity contribution is 6.29. The average molecular weight is 312 g/mol. The van der Waals surface area contributed by atoms with Gasteiger partial charge in [0.15, 0.2) is 0 Å². The van der Waals surface area contributed by atoms with Gasteiger partial charge in [0.2, 0.25) is 0 Å². The number of nitrogens with zero attached hydrogens (tertiary/aromatic N) is 2. The standard InChI is InChI=1S/C14H18ClN3O3/c1-2-21-14(20)18-8-6-10(7-9-18)16-13(19)11-4-3-5-12(15)17-11/h3-5,10H,2,6-9H2,1H3,(H,16,19). The third kappa shape index (κ3) is 4.32. The third-order valence-electron chi connectivity index (χ3n) is 3.30. The van der Waals surface area contributed by atoms with E-state index in [1.165, 1.54) is 0 Å². The molecule has 0 spiro atoms. The molecular formula is C14H18ClN3O3. The molecule has 0 saturated carbocycles. The van der Waals surface area contributed by atoms with Crippen LogP contribution >= 0.6 is 11.6 Å². The molecule has 1 aromatic rings. The highest BCUT2D eigenvalue weighted by Gasteiger charge is 2.25. The number of ether oxygens (including phenoxy) is 1. The molecule has 1 fully saturated rings. The van der Waals surface area contributed by atoms with E-state index < -0.39 is 0 Å². The van der Waals surface area contributed by atoms with Crippen LogP contribution in [-0.4, -0.2) is 47.6 Å². The number of nitrogens with one attached hydrogen (secondary N) is 1. The van der Waals surface area contributed by atoms with Crippen LogP contribution in [0.2, 0.25) is 5.15 Å². The van der Waals surface area contributed by atoms with Gasteiger partial charge in [0, 0.05) is 19.1 Å². The molecule has 1 saturated heterocycles. The molecule has 21 heavy (non-hydrogen) atoms. The largest absolute Gasteiger partial charge is 0.450 e. The Kier molecular flexibility index (Phi) is 5.38. The molecule has 1 aromatic heterocycles. The van der Waals surface area contributed by atoms with Crippen molar-refractivity contribution in [2.75, 3.05) is 19.7 Å². The second kappa shape index (κ2) is 7.26. The van der Waals surface area contributed by atoms with Crippen LogP contribution in [0.1, 0.15) is 30.3 Å². The minimum atomic E-state index is -0.293. The second-order valence-electron chi connectivity index (χ2n) is 4.78. The Morgan fingerprint density at radius 2 is 2.14 bits per heavy atom. The summed E-state index contributed by atoms with van der Waals surface area (Å²) in [6, 6.07) is 4.96. The van der Waals surface area contributed by atoms with E-state index in [9.17, 15) is 9.59 Å². The SMILES string of the molecule is CCOC(=O)N1CCC(NC(=O)c2cccc(Cl)n2)CC1. The molecule has 0 atom stereocenters. The van der Waals surface area contributed by atoms with Crippen LogP contribution < -0.4 is 5.32 Å². The van der Waals surface area contributed by atoms with E-state index in [1.54, 1.807) is 30.0 Å². The zero-order chi connectivity index (χ0) is 15.2. The summed E-state index contributed by atoms with van der Waals surface area (Å²) in [4.78, 5) is 29.3. The molecular weight excluding hydrogens is 294 g/mol. The first-order valence-corrected chi connectivity index (χ1v) is 7.33. The Labute approximate surface area is 128 Å². The predicted octanol–water partition coefficient (Wildman–Crippen LogP) is 2.09. The lowest BCUT2D eigenvalue weighted by Gasteiger charge is -2.31. The van der Waals surface area contributed by atoms with Crippen LogP contribution in [0.5, 0.6) is 0 Å². The molecule has 1 N–H and O–H groups in total. The molecule has 1 aliphatic heterocycles.